The summed E-state index contributed by atoms with van der Waals surface area (Å²) < 4.78 is 5.60. The smallest absolute Gasteiger partial charge is 0.302 e. The predicted octanol–water partition coefficient (Wildman–Crippen LogP) is 7.46. The second-order valence-corrected chi connectivity index (χ2v) is 13.6. The summed E-state index contributed by atoms with van der Waals surface area (Å²) in [5.74, 6) is 5.45. The Morgan fingerprint density at radius 2 is 1.73 bits per heavy atom. The Kier molecular flexibility index (Phi) is 7.12. The van der Waals surface area contributed by atoms with E-state index in [2.05, 4.69) is 41.5 Å². The summed E-state index contributed by atoms with van der Waals surface area (Å²) in [5, 5.41) is 0. The van der Waals surface area contributed by atoms with E-state index in [0.717, 1.165) is 49.4 Å². The van der Waals surface area contributed by atoms with Gasteiger partial charge in [0.2, 0.25) is 0 Å². The van der Waals surface area contributed by atoms with E-state index in [-0.39, 0.29) is 28.8 Å². The van der Waals surface area contributed by atoms with Crippen LogP contribution in [0.25, 0.3) is 0 Å². The van der Waals surface area contributed by atoms with E-state index in [1.165, 1.54) is 45.4 Å². The van der Waals surface area contributed by atoms with Gasteiger partial charge < -0.3 is 4.74 Å². The zero-order valence-electron chi connectivity index (χ0n) is 22.5. The molecule has 0 spiro atoms. The van der Waals surface area contributed by atoms with Gasteiger partial charge in [0.05, 0.1) is 0 Å². The first-order valence-corrected chi connectivity index (χ1v) is 14.2. The maximum Gasteiger partial charge on any atom is 0.302 e. The second-order valence-electron chi connectivity index (χ2n) is 13.6. The SMILES string of the molecule is CC(=O)O[C@@H]1CC[C@@]2(C)[C@@H](CC[C@H]3[C@H]4CC[C@@H]([C@H](C)CC[C@H](C)C(C)C)[C@]4(C)CC(=O)[C@H]32)C1. The molecule has 0 aromatic rings. The average molecular weight is 459 g/mol. The molecule has 0 bridgehead atoms. The van der Waals surface area contributed by atoms with Crippen molar-refractivity contribution in [1.29, 1.82) is 0 Å². The molecule has 3 heteroatoms. The van der Waals surface area contributed by atoms with Gasteiger partial charge in [-0.15, -0.1) is 0 Å². The fraction of sp³-hybridized carbons (Fsp3) is 0.933. The Hall–Kier alpha value is -0.860. The van der Waals surface area contributed by atoms with Gasteiger partial charge in [-0.1, -0.05) is 54.4 Å². The number of Topliss-reactive ketones (excluding diaryl/α,β-unsaturated/α-hetero) is 1. The summed E-state index contributed by atoms with van der Waals surface area (Å²) in [6.45, 7) is 16.0. The third kappa shape index (κ3) is 4.44. The molecule has 4 rings (SSSR count). The van der Waals surface area contributed by atoms with Crippen LogP contribution in [0.3, 0.4) is 0 Å². The van der Waals surface area contributed by atoms with Crippen molar-refractivity contribution >= 4 is 11.8 Å². The molecule has 0 aromatic heterocycles. The van der Waals surface area contributed by atoms with Crippen LogP contribution in [0.5, 0.6) is 0 Å². The van der Waals surface area contributed by atoms with Crippen LogP contribution in [0.1, 0.15) is 113 Å². The third-order valence-corrected chi connectivity index (χ3v) is 11.6. The molecule has 0 N–H and O–H groups in total. The normalized spacial score (nSPS) is 44.5. The first-order valence-electron chi connectivity index (χ1n) is 14.2. The molecule has 0 saturated heterocycles. The highest BCUT2D eigenvalue weighted by Gasteiger charge is 2.63. The Morgan fingerprint density at radius 3 is 2.39 bits per heavy atom. The number of esters is 1. The molecule has 0 radical (unpaired) electrons. The minimum Gasteiger partial charge on any atom is -0.463 e. The molecule has 4 saturated carbocycles. The molecule has 0 aromatic carbocycles. The summed E-state index contributed by atoms with van der Waals surface area (Å²) in [7, 11) is 0. The van der Waals surface area contributed by atoms with Gasteiger partial charge >= 0.3 is 5.97 Å². The molecule has 0 aliphatic heterocycles. The fourth-order valence-corrected chi connectivity index (χ4v) is 9.41. The summed E-state index contributed by atoms with van der Waals surface area (Å²) in [6, 6.07) is 0. The Morgan fingerprint density at radius 1 is 1.00 bits per heavy atom. The third-order valence-electron chi connectivity index (χ3n) is 11.6. The zero-order chi connectivity index (χ0) is 24.1. The van der Waals surface area contributed by atoms with Gasteiger partial charge in [-0.05, 0) is 97.2 Å². The number of carbonyl (C=O) groups is 2. The maximum atomic E-state index is 13.9. The van der Waals surface area contributed by atoms with Crippen molar-refractivity contribution in [3.05, 3.63) is 0 Å². The summed E-state index contributed by atoms with van der Waals surface area (Å²) in [6.07, 6.45) is 11.5. The number of rotatable bonds is 6. The van der Waals surface area contributed by atoms with Crippen molar-refractivity contribution in [3.63, 3.8) is 0 Å². The molecule has 33 heavy (non-hydrogen) atoms. The number of ketones is 1. The van der Waals surface area contributed by atoms with Gasteiger partial charge in [-0.3, -0.25) is 9.59 Å². The van der Waals surface area contributed by atoms with Crippen LogP contribution >= 0.6 is 0 Å². The van der Waals surface area contributed by atoms with Crippen LogP contribution < -0.4 is 0 Å². The Bertz CT molecular complexity index is 743. The number of ether oxygens (including phenoxy) is 1. The molecule has 4 aliphatic carbocycles. The van der Waals surface area contributed by atoms with Crippen LogP contribution in [0.2, 0.25) is 0 Å². The largest absolute Gasteiger partial charge is 0.463 e. The van der Waals surface area contributed by atoms with Gasteiger partial charge in [0.25, 0.3) is 0 Å². The lowest BCUT2D eigenvalue weighted by atomic mass is 9.44. The fourth-order valence-electron chi connectivity index (χ4n) is 9.41. The maximum absolute atomic E-state index is 13.9. The first kappa shape index (κ1) is 25.2. The van der Waals surface area contributed by atoms with Crippen molar-refractivity contribution in [2.24, 2.45) is 58.2 Å². The van der Waals surface area contributed by atoms with Crippen molar-refractivity contribution in [2.45, 2.75) is 119 Å². The monoisotopic (exact) mass is 458 g/mol. The molecule has 4 aliphatic rings. The Labute approximate surface area is 203 Å². The van der Waals surface area contributed by atoms with Crippen molar-refractivity contribution in [2.75, 3.05) is 0 Å². The zero-order valence-corrected chi connectivity index (χ0v) is 22.5. The molecule has 0 amide bonds. The van der Waals surface area contributed by atoms with Crippen molar-refractivity contribution < 1.29 is 14.3 Å². The lowest BCUT2D eigenvalue weighted by Gasteiger charge is -2.60. The Balaban J connectivity index is 1.49. The molecule has 10 atom stereocenters. The highest BCUT2D eigenvalue weighted by atomic mass is 16.5. The molecule has 0 heterocycles. The van der Waals surface area contributed by atoms with Crippen LogP contribution in [0, 0.1) is 58.2 Å². The minimum absolute atomic E-state index is 0.0611. The van der Waals surface area contributed by atoms with E-state index >= 15 is 0 Å². The topological polar surface area (TPSA) is 43.4 Å². The lowest BCUT2D eigenvalue weighted by Crippen LogP contribution is -2.58. The first-order chi connectivity index (χ1) is 15.5. The van der Waals surface area contributed by atoms with Gasteiger partial charge in [-0.25, -0.2) is 0 Å². The van der Waals surface area contributed by atoms with E-state index < -0.39 is 0 Å². The molecule has 188 valence electrons. The summed E-state index contributed by atoms with van der Waals surface area (Å²) >= 11 is 0. The number of carbonyl (C=O) groups excluding carboxylic acids is 2. The molecular weight excluding hydrogens is 408 g/mol. The van der Waals surface area contributed by atoms with E-state index in [1.807, 2.05) is 0 Å². The van der Waals surface area contributed by atoms with Crippen molar-refractivity contribution in [1.82, 2.24) is 0 Å². The number of hydrogen-bond acceptors (Lipinski definition) is 3. The number of hydrogen-bond donors (Lipinski definition) is 0. The van der Waals surface area contributed by atoms with Gasteiger partial charge in [0.15, 0.2) is 0 Å². The minimum atomic E-state index is -0.157. The standard InChI is InChI=1S/C30H50O3/c1-18(2)19(3)8-9-20(4)25-12-13-26-24-11-10-22-16-23(33-21(5)31)14-15-29(22,6)28(24)27(32)17-30(25,26)7/h18-20,22-26,28H,8-17H2,1-7H3/t19-,20+,22-,23+,24-,25-,26+,28-,29-,30-/m0/s1. The molecule has 4 fully saturated rings. The average Bonchev–Trinajstić information content (AvgIpc) is 3.07. The quantitative estimate of drug-likeness (QED) is 0.388. The van der Waals surface area contributed by atoms with Crippen LogP contribution in [-0.2, 0) is 14.3 Å². The van der Waals surface area contributed by atoms with Crippen LogP contribution in [-0.4, -0.2) is 17.9 Å². The van der Waals surface area contributed by atoms with Gasteiger partial charge in [0.1, 0.15) is 11.9 Å². The predicted molar refractivity (Wildman–Crippen MR) is 134 cm³/mol. The molecular formula is C30H50O3. The highest BCUT2D eigenvalue weighted by molar-refractivity contribution is 5.84. The van der Waals surface area contributed by atoms with Crippen LogP contribution in [0.15, 0.2) is 0 Å². The van der Waals surface area contributed by atoms with E-state index in [1.54, 1.807) is 0 Å². The van der Waals surface area contributed by atoms with E-state index in [9.17, 15) is 9.59 Å². The van der Waals surface area contributed by atoms with E-state index in [0.29, 0.717) is 23.5 Å². The summed E-state index contributed by atoms with van der Waals surface area (Å²) in [5.41, 5.74) is 0.311. The van der Waals surface area contributed by atoms with Crippen LogP contribution in [0.4, 0.5) is 0 Å². The lowest BCUT2D eigenvalue weighted by molar-refractivity contribution is -0.169. The second kappa shape index (κ2) is 9.30. The molecule has 0 unspecified atom stereocenters. The summed E-state index contributed by atoms with van der Waals surface area (Å²) in [4.78, 5) is 25.5. The molecule has 3 nitrogen and oxygen atoms in total. The highest BCUT2D eigenvalue weighted by Crippen LogP contribution is 2.67. The van der Waals surface area contributed by atoms with E-state index in [4.69, 9.17) is 4.74 Å². The van der Waals surface area contributed by atoms with Gasteiger partial charge in [-0.2, -0.15) is 0 Å². The number of fused-ring (bicyclic) bond motifs is 5. The van der Waals surface area contributed by atoms with Gasteiger partial charge in [0, 0.05) is 19.3 Å². The van der Waals surface area contributed by atoms with Crippen molar-refractivity contribution in [3.8, 4) is 0 Å².